The fourth-order valence-corrected chi connectivity index (χ4v) is 1.03. The molecule has 0 bridgehead atoms. The zero-order valence-corrected chi connectivity index (χ0v) is 10.0. The highest BCUT2D eigenvalue weighted by molar-refractivity contribution is 6.43. The van der Waals surface area contributed by atoms with E-state index < -0.39 is 5.79 Å². The van der Waals surface area contributed by atoms with Gasteiger partial charge in [0.15, 0.2) is 5.71 Å². The molecule has 0 aliphatic heterocycles. The smallest absolute Gasteiger partial charge is 0.214 e. The lowest BCUT2D eigenvalue weighted by atomic mass is 10.1. The minimum absolute atomic E-state index is 0.414. The Morgan fingerprint density at radius 3 is 1.73 bits per heavy atom. The average Bonchev–Trinajstić information content (AvgIpc) is 2.25. The summed E-state index contributed by atoms with van der Waals surface area (Å²) in [6, 6.07) is 0. The number of nitrogens with zero attached hydrogens (tertiary/aromatic N) is 2. The van der Waals surface area contributed by atoms with Gasteiger partial charge in [0, 0.05) is 14.2 Å². The lowest BCUT2D eigenvalue weighted by Gasteiger charge is -2.26. The van der Waals surface area contributed by atoms with Gasteiger partial charge in [-0.1, -0.05) is 10.3 Å². The molecule has 6 nitrogen and oxygen atoms in total. The standard InChI is InChI=1S/C9H18N2O4/c1-7(10-14-5)8(11-15-6)9(2,12-3)13-4/h1-6H3. The molecule has 0 aliphatic rings. The summed E-state index contributed by atoms with van der Waals surface area (Å²) < 4.78 is 10.4. The highest BCUT2D eigenvalue weighted by atomic mass is 16.7. The van der Waals surface area contributed by atoms with Gasteiger partial charge in [-0.05, 0) is 13.8 Å². The summed E-state index contributed by atoms with van der Waals surface area (Å²) in [6.45, 7) is 3.43. The van der Waals surface area contributed by atoms with Gasteiger partial charge in [0.1, 0.15) is 19.9 Å². The van der Waals surface area contributed by atoms with Gasteiger partial charge in [-0.25, -0.2) is 0 Å². The summed E-state index contributed by atoms with van der Waals surface area (Å²) in [6.07, 6.45) is 0. The molecule has 15 heavy (non-hydrogen) atoms. The van der Waals surface area contributed by atoms with E-state index in [0.717, 1.165) is 0 Å². The van der Waals surface area contributed by atoms with E-state index in [2.05, 4.69) is 15.1 Å². The molecule has 0 aromatic carbocycles. The molecule has 6 heteroatoms. The quantitative estimate of drug-likeness (QED) is 0.379. The van der Waals surface area contributed by atoms with E-state index in [1.54, 1.807) is 13.8 Å². The Morgan fingerprint density at radius 1 is 0.933 bits per heavy atom. The minimum Gasteiger partial charge on any atom is -0.399 e. The third-order valence-corrected chi connectivity index (χ3v) is 1.96. The van der Waals surface area contributed by atoms with Gasteiger partial charge < -0.3 is 19.1 Å². The highest BCUT2D eigenvalue weighted by Crippen LogP contribution is 2.14. The normalized spacial score (nSPS) is 14.0. The first-order valence-electron chi connectivity index (χ1n) is 4.35. The minimum atomic E-state index is -1.01. The van der Waals surface area contributed by atoms with Crippen LogP contribution in [0.4, 0.5) is 0 Å². The van der Waals surface area contributed by atoms with Crippen LogP contribution in [0, 0.1) is 0 Å². The second-order valence-electron chi connectivity index (χ2n) is 2.84. The fraction of sp³-hybridized carbons (Fsp3) is 0.778. The fourth-order valence-electron chi connectivity index (χ4n) is 1.03. The van der Waals surface area contributed by atoms with E-state index in [0.29, 0.717) is 11.4 Å². The van der Waals surface area contributed by atoms with Crippen molar-refractivity contribution in [1.29, 1.82) is 0 Å². The second-order valence-corrected chi connectivity index (χ2v) is 2.84. The largest absolute Gasteiger partial charge is 0.399 e. The monoisotopic (exact) mass is 218 g/mol. The lowest BCUT2D eigenvalue weighted by Crippen LogP contribution is -2.43. The van der Waals surface area contributed by atoms with Crippen molar-refractivity contribution >= 4 is 11.4 Å². The molecule has 0 saturated heterocycles. The molecule has 0 heterocycles. The van der Waals surface area contributed by atoms with Crippen LogP contribution in [-0.2, 0) is 19.1 Å². The summed E-state index contributed by atoms with van der Waals surface area (Å²) >= 11 is 0. The van der Waals surface area contributed by atoms with Gasteiger partial charge in [0.05, 0.1) is 0 Å². The third-order valence-electron chi connectivity index (χ3n) is 1.96. The van der Waals surface area contributed by atoms with Crippen LogP contribution >= 0.6 is 0 Å². The van der Waals surface area contributed by atoms with Crippen LogP contribution < -0.4 is 0 Å². The Labute approximate surface area is 89.8 Å². The van der Waals surface area contributed by atoms with Crippen LogP contribution in [0.3, 0.4) is 0 Å². The maximum Gasteiger partial charge on any atom is 0.214 e. The average molecular weight is 218 g/mol. The Morgan fingerprint density at radius 2 is 1.40 bits per heavy atom. The third kappa shape index (κ3) is 3.49. The van der Waals surface area contributed by atoms with Gasteiger partial charge in [-0.2, -0.15) is 0 Å². The van der Waals surface area contributed by atoms with Crippen molar-refractivity contribution in [2.24, 2.45) is 10.3 Å². The molecular weight excluding hydrogens is 200 g/mol. The maximum absolute atomic E-state index is 5.20. The first-order valence-corrected chi connectivity index (χ1v) is 4.35. The Hall–Kier alpha value is -1.14. The summed E-state index contributed by atoms with van der Waals surface area (Å²) in [4.78, 5) is 9.37. The van der Waals surface area contributed by atoms with Crippen LogP contribution in [0.5, 0.6) is 0 Å². The van der Waals surface area contributed by atoms with Gasteiger partial charge in [0.25, 0.3) is 0 Å². The molecular formula is C9H18N2O4. The molecule has 0 radical (unpaired) electrons. The van der Waals surface area contributed by atoms with Crippen molar-refractivity contribution < 1.29 is 19.1 Å². The van der Waals surface area contributed by atoms with Crippen LogP contribution in [0.15, 0.2) is 10.3 Å². The Kier molecular flexibility index (Phi) is 5.88. The van der Waals surface area contributed by atoms with Crippen molar-refractivity contribution in [2.45, 2.75) is 19.6 Å². The van der Waals surface area contributed by atoms with Crippen LogP contribution in [0.1, 0.15) is 13.8 Å². The number of rotatable bonds is 6. The summed E-state index contributed by atoms with van der Waals surface area (Å²) in [5, 5.41) is 7.56. The molecule has 0 aliphatic carbocycles. The topological polar surface area (TPSA) is 61.6 Å². The van der Waals surface area contributed by atoms with E-state index in [1.165, 1.54) is 28.4 Å². The van der Waals surface area contributed by atoms with Crippen LogP contribution in [0.2, 0.25) is 0 Å². The predicted octanol–water partition coefficient (Wildman–Crippen LogP) is 1.02. The molecule has 0 saturated carbocycles. The van der Waals surface area contributed by atoms with Gasteiger partial charge >= 0.3 is 0 Å². The van der Waals surface area contributed by atoms with E-state index in [1.807, 2.05) is 0 Å². The number of methoxy groups -OCH3 is 2. The first-order chi connectivity index (χ1) is 7.05. The van der Waals surface area contributed by atoms with Crippen molar-refractivity contribution in [3.8, 4) is 0 Å². The van der Waals surface area contributed by atoms with Crippen molar-refractivity contribution in [1.82, 2.24) is 0 Å². The molecule has 0 fully saturated rings. The van der Waals surface area contributed by atoms with Crippen molar-refractivity contribution in [2.75, 3.05) is 28.4 Å². The van der Waals surface area contributed by atoms with E-state index in [9.17, 15) is 0 Å². The zero-order chi connectivity index (χ0) is 11.9. The molecule has 0 N–H and O–H groups in total. The van der Waals surface area contributed by atoms with Gasteiger partial charge in [-0.15, -0.1) is 0 Å². The second kappa shape index (κ2) is 6.36. The van der Waals surface area contributed by atoms with Gasteiger partial charge in [0.2, 0.25) is 5.79 Å². The molecule has 0 aromatic rings. The number of ether oxygens (including phenoxy) is 2. The predicted molar refractivity (Wildman–Crippen MR) is 57.0 cm³/mol. The number of hydrogen-bond donors (Lipinski definition) is 0. The maximum atomic E-state index is 5.20. The lowest BCUT2D eigenvalue weighted by molar-refractivity contribution is -0.139. The van der Waals surface area contributed by atoms with Crippen molar-refractivity contribution in [3.05, 3.63) is 0 Å². The molecule has 0 unspecified atom stereocenters. The summed E-state index contributed by atoms with van der Waals surface area (Å²) in [7, 11) is 5.90. The van der Waals surface area contributed by atoms with Crippen LogP contribution in [-0.4, -0.2) is 45.6 Å². The van der Waals surface area contributed by atoms with Crippen molar-refractivity contribution in [3.63, 3.8) is 0 Å². The molecule has 88 valence electrons. The van der Waals surface area contributed by atoms with E-state index in [-0.39, 0.29) is 0 Å². The number of hydrogen-bond acceptors (Lipinski definition) is 6. The number of oxime groups is 2. The zero-order valence-electron chi connectivity index (χ0n) is 10.0. The first kappa shape index (κ1) is 13.9. The summed E-state index contributed by atoms with van der Waals surface area (Å²) in [5.41, 5.74) is 0.933. The summed E-state index contributed by atoms with van der Waals surface area (Å²) in [5.74, 6) is -1.01. The molecule has 0 amide bonds. The van der Waals surface area contributed by atoms with Crippen LogP contribution in [0.25, 0.3) is 0 Å². The molecule has 0 aromatic heterocycles. The van der Waals surface area contributed by atoms with Gasteiger partial charge in [-0.3, -0.25) is 0 Å². The Bertz CT molecular complexity index is 246. The van der Waals surface area contributed by atoms with E-state index >= 15 is 0 Å². The highest BCUT2D eigenvalue weighted by Gasteiger charge is 2.33. The van der Waals surface area contributed by atoms with E-state index in [4.69, 9.17) is 14.3 Å². The molecule has 0 rings (SSSR count). The SMILES string of the molecule is CON=C(C)C(=NOC)C(C)(OC)OC. The molecule has 0 spiro atoms. The molecule has 0 atom stereocenters. The Balaban J connectivity index is 5.13.